The molecule has 0 saturated carbocycles. The van der Waals surface area contributed by atoms with Crippen molar-refractivity contribution in [2.45, 2.75) is 37.8 Å². The van der Waals surface area contributed by atoms with Gasteiger partial charge >= 0.3 is 0 Å². The van der Waals surface area contributed by atoms with Gasteiger partial charge in [-0.2, -0.15) is 5.10 Å². The zero-order chi connectivity index (χ0) is 15.3. The Bertz CT molecular complexity index is 665. The first kappa shape index (κ1) is 15.6. The first-order chi connectivity index (χ1) is 10.0. The second-order valence-electron chi connectivity index (χ2n) is 5.13. The molecule has 0 aliphatic carbocycles. The fraction of sp³-hybridized carbons (Fsp3) is 0.400. The average molecular weight is 307 g/mol. The molecule has 0 fully saturated rings. The first-order valence-corrected chi connectivity index (χ1v) is 8.73. The second kappa shape index (κ2) is 6.76. The SMILES string of the molecule is CCCn1cc(N[C@H](C)CS(=O)(=O)c2ccccc2)cn1. The van der Waals surface area contributed by atoms with E-state index in [-0.39, 0.29) is 11.8 Å². The van der Waals surface area contributed by atoms with Crippen molar-refractivity contribution in [2.24, 2.45) is 0 Å². The third-order valence-electron chi connectivity index (χ3n) is 3.07. The van der Waals surface area contributed by atoms with Crippen molar-refractivity contribution in [1.29, 1.82) is 0 Å². The lowest BCUT2D eigenvalue weighted by molar-refractivity contribution is 0.592. The van der Waals surface area contributed by atoms with Crippen LogP contribution in [0, 0.1) is 0 Å². The summed E-state index contributed by atoms with van der Waals surface area (Å²) < 4.78 is 26.4. The van der Waals surface area contributed by atoms with Crippen molar-refractivity contribution in [3.63, 3.8) is 0 Å². The number of benzene rings is 1. The van der Waals surface area contributed by atoms with E-state index in [0.29, 0.717) is 4.90 Å². The van der Waals surface area contributed by atoms with Crippen LogP contribution in [0.3, 0.4) is 0 Å². The molecule has 0 aliphatic rings. The maximum absolute atomic E-state index is 12.3. The number of hydrogen-bond acceptors (Lipinski definition) is 4. The van der Waals surface area contributed by atoms with Gasteiger partial charge in [-0.05, 0) is 25.5 Å². The van der Waals surface area contributed by atoms with Crippen molar-refractivity contribution < 1.29 is 8.42 Å². The fourth-order valence-electron chi connectivity index (χ4n) is 2.17. The highest BCUT2D eigenvalue weighted by atomic mass is 32.2. The zero-order valence-corrected chi connectivity index (χ0v) is 13.2. The molecule has 0 spiro atoms. The normalized spacial score (nSPS) is 13.0. The van der Waals surface area contributed by atoms with E-state index in [1.54, 1.807) is 30.5 Å². The minimum Gasteiger partial charge on any atom is -0.379 e. The van der Waals surface area contributed by atoms with Gasteiger partial charge in [-0.25, -0.2) is 8.42 Å². The van der Waals surface area contributed by atoms with Crippen molar-refractivity contribution in [3.05, 3.63) is 42.7 Å². The van der Waals surface area contributed by atoms with E-state index < -0.39 is 9.84 Å². The molecule has 2 aromatic rings. The maximum Gasteiger partial charge on any atom is 0.180 e. The quantitative estimate of drug-likeness (QED) is 0.854. The van der Waals surface area contributed by atoms with Gasteiger partial charge in [-0.3, -0.25) is 4.68 Å². The molecule has 1 heterocycles. The van der Waals surface area contributed by atoms with Gasteiger partial charge in [-0.1, -0.05) is 25.1 Å². The molecule has 21 heavy (non-hydrogen) atoms. The van der Waals surface area contributed by atoms with Gasteiger partial charge < -0.3 is 5.32 Å². The van der Waals surface area contributed by atoms with Crippen LogP contribution in [0.25, 0.3) is 0 Å². The molecule has 1 aromatic heterocycles. The van der Waals surface area contributed by atoms with Crippen LogP contribution < -0.4 is 5.32 Å². The Labute approximate surface area is 125 Å². The summed E-state index contributed by atoms with van der Waals surface area (Å²) in [6.45, 7) is 4.81. The van der Waals surface area contributed by atoms with Gasteiger partial charge in [0.05, 0.1) is 22.5 Å². The molecule has 6 heteroatoms. The Morgan fingerprint density at radius 2 is 2.00 bits per heavy atom. The Kier molecular flexibility index (Phi) is 5.01. The number of aromatic nitrogens is 2. The smallest absolute Gasteiger partial charge is 0.180 e. The topological polar surface area (TPSA) is 64.0 Å². The van der Waals surface area contributed by atoms with E-state index in [2.05, 4.69) is 17.3 Å². The highest BCUT2D eigenvalue weighted by Crippen LogP contribution is 2.14. The van der Waals surface area contributed by atoms with E-state index in [0.717, 1.165) is 18.7 Å². The van der Waals surface area contributed by atoms with E-state index >= 15 is 0 Å². The molecular weight excluding hydrogens is 286 g/mol. The molecule has 1 atom stereocenters. The van der Waals surface area contributed by atoms with Crippen LogP contribution in [-0.4, -0.2) is 30.0 Å². The second-order valence-corrected chi connectivity index (χ2v) is 7.17. The largest absolute Gasteiger partial charge is 0.379 e. The fourth-order valence-corrected chi connectivity index (χ4v) is 3.67. The molecule has 1 N–H and O–H groups in total. The van der Waals surface area contributed by atoms with E-state index in [4.69, 9.17) is 0 Å². The number of hydrogen-bond donors (Lipinski definition) is 1. The third kappa shape index (κ3) is 4.32. The lowest BCUT2D eigenvalue weighted by Crippen LogP contribution is -2.25. The summed E-state index contributed by atoms with van der Waals surface area (Å²) in [5.74, 6) is 0.0516. The van der Waals surface area contributed by atoms with E-state index in [1.165, 1.54) is 0 Å². The van der Waals surface area contributed by atoms with Gasteiger partial charge in [0.25, 0.3) is 0 Å². The Morgan fingerprint density at radius 1 is 1.29 bits per heavy atom. The van der Waals surface area contributed by atoms with Crippen molar-refractivity contribution >= 4 is 15.5 Å². The summed E-state index contributed by atoms with van der Waals surface area (Å²) in [7, 11) is -3.27. The van der Waals surface area contributed by atoms with Gasteiger partial charge in [-0.15, -0.1) is 0 Å². The molecule has 0 aliphatic heterocycles. The minimum absolute atomic E-state index is 0.0516. The standard InChI is InChI=1S/C15H21N3O2S/c1-3-9-18-11-14(10-16-18)17-13(2)12-21(19,20)15-7-5-4-6-8-15/h4-8,10-11,13,17H,3,9,12H2,1-2H3/t13-/m1/s1. The van der Waals surface area contributed by atoms with Crippen molar-refractivity contribution in [1.82, 2.24) is 9.78 Å². The Hall–Kier alpha value is -1.82. The predicted octanol–water partition coefficient (Wildman–Crippen LogP) is 2.57. The predicted molar refractivity (Wildman–Crippen MR) is 84.1 cm³/mol. The molecule has 5 nitrogen and oxygen atoms in total. The zero-order valence-electron chi connectivity index (χ0n) is 12.4. The van der Waals surface area contributed by atoms with Gasteiger partial charge in [0, 0.05) is 18.8 Å². The number of sulfone groups is 1. The molecule has 0 amide bonds. The molecule has 1 aromatic carbocycles. The van der Waals surface area contributed by atoms with Crippen molar-refractivity contribution in [2.75, 3.05) is 11.1 Å². The lowest BCUT2D eigenvalue weighted by Gasteiger charge is -2.14. The molecular formula is C15H21N3O2S. The number of aryl methyl sites for hydroxylation is 1. The number of rotatable bonds is 7. The number of nitrogens with zero attached hydrogens (tertiary/aromatic N) is 2. The molecule has 0 bridgehead atoms. The van der Waals surface area contributed by atoms with Crippen LogP contribution in [0.15, 0.2) is 47.6 Å². The third-order valence-corrected chi connectivity index (χ3v) is 5.00. The summed E-state index contributed by atoms with van der Waals surface area (Å²) in [6.07, 6.45) is 4.63. The Balaban J connectivity index is 1.99. The van der Waals surface area contributed by atoms with Crippen LogP contribution in [-0.2, 0) is 16.4 Å². The highest BCUT2D eigenvalue weighted by Gasteiger charge is 2.18. The lowest BCUT2D eigenvalue weighted by atomic mass is 10.4. The van der Waals surface area contributed by atoms with Crippen LogP contribution in [0.1, 0.15) is 20.3 Å². The minimum atomic E-state index is -3.27. The summed E-state index contributed by atoms with van der Waals surface area (Å²) in [5.41, 5.74) is 0.846. The Morgan fingerprint density at radius 3 is 2.67 bits per heavy atom. The summed E-state index contributed by atoms with van der Waals surface area (Å²) in [6, 6.07) is 8.35. The number of nitrogens with one attached hydrogen (secondary N) is 1. The summed E-state index contributed by atoms with van der Waals surface area (Å²) in [4.78, 5) is 0.361. The van der Waals surface area contributed by atoms with E-state index in [9.17, 15) is 8.42 Å². The van der Waals surface area contributed by atoms with Crippen molar-refractivity contribution in [3.8, 4) is 0 Å². The molecule has 0 saturated heterocycles. The monoisotopic (exact) mass is 307 g/mol. The summed E-state index contributed by atoms with van der Waals surface area (Å²) in [5, 5.41) is 7.40. The van der Waals surface area contributed by atoms with Gasteiger partial charge in [0.2, 0.25) is 0 Å². The van der Waals surface area contributed by atoms with E-state index in [1.807, 2.05) is 23.9 Å². The van der Waals surface area contributed by atoms with Gasteiger partial charge in [0.1, 0.15) is 0 Å². The molecule has 0 radical (unpaired) electrons. The van der Waals surface area contributed by atoms with Crippen LogP contribution in [0.5, 0.6) is 0 Å². The molecule has 0 unspecified atom stereocenters. The van der Waals surface area contributed by atoms with Crippen LogP contribution in [0.2, 0.25) is 0 Å². The molecule has 114 valence electrons. The highest BCUT2D eigenvalue weighted by molar-refractivity contribution is 7.91. The summed E-state index contributed by atoms with van der Waals surface area (Å²) >= 11 is 0. The average Bonchev–Trinajstić information content (AvgIpc) is 2.87. The number of anilines is 1. The van der Waals surface area contributed by atoms with Crippen LogP contribution in [0.4, 0.5) is 5.69 Å². The first-order valence-electron chi connectivity index (χ1n) is 7.08. The molecule has 2 rings (SSSR count). The van der Waals surface area contributed by atoms with Crippen LogP contribution >= 0.6 is 0 Å². The van der Waals surface area contributed by atoms with Gasteiger partial charge in [0.15, 0.2) is 9.84 Å². The maximum atomic E-state index is 12.3.